The Balaban J connectivity index is 1.69. The van der Waals surface area contributed by atoms with Gasteiger partial charge in [-0.3, -0.25) is 0 Å². The van der Waals surface area contributed by atoms with Crippen molar-refractivity contribution in [3.8, 4) is 5.75 Å². The monoisotopic (exact) mass is 346 g/mol. The number of benzene rings is 2. The Bertz CT molecular complexity index is 756. The van der Waals surface area contributed by atoms with Gasteiger partial charge in [-0.2, -0.15) is 0 Å². The molecule has 2 N–H and O–H groups in total. The molecule has 0 unspecified atom stereocenters. The summed E-state index contributed by atoms with van der Waals surface area (Å²) in [4.78, 5) is 0. The fraction of sp³-hybridized carbons (Fsp3) is 0.200. The van der Waals surface area contributed by atoms with Gasteiger partial charge in [0.25, 0.3) is 0 Å². The molecule has 0 fully saturated rings. The molecule has 3 aromatic rings. The molecule has 0 saturated carbocycles. The van der Waals surface area contributed by atoms with Crippen molar-refractivity contribution in [1.82, 2.24) is 15.0 Å². The van der Waals surface area contributed by atoms with Crippen molar-refractivity contribution < 1.29 is 4.74 Å². The van der Waals surface area contributed by atoms with Crippen LogP contribution in [0.2, 0.25) is 0 Å². The van der Waals surface area contributed by atoms with E-state index < -0.39 is 0 Å². The van der Waals surface area contributed by atoms with Gasteiger partial charge in [0.05, 0.1) is 16.7 Å². The van der Waals surface area contributed by atoms with Gasteiger partial charge in [-0.25, -0.2) is 4.68 Å². The van der Waals surface area contributed by atoms with Crippen LogP contribution in [0.4, 0.5) is 0 Å². The molecule has 0 atom stereocenters. The summed E-state index contributed by atoms with van der Waals surface area (Å²) in [6, 6.07) is 12.2. The van der Waals surface area contributed by atoms with Crippen LogP contribution >= 0.6 is 15.9 Å². The molecule has 0 radical (unpaired) electrons. The molecule has 3 rings (SSSR count). The summed E-state index contributed by atoms with van der Waals surface area (Å²) >= 11 is 3.61. The zero-order valence-electron chi connectivity index (χ0n) is 11.4. The van der Waals surface area contributed by atoms with Gasteiger partial charge in [0, 0.05) is 12.7 Å². The minimum Gasteiger partial charge on any atom is -0.490 e. The van der Waals surface area contributed by atoms with E-state index >= 15 is 0 Å². The van der Waals surface area contributed by atoms with Gasteiger partial charge < -0.3 is 10.5 Å². The Morgan fingerprint density at radius 2 is 2.05 bits per heavy atom. The highest BCUT2D eigenvalue weighted by Crippen LogP contribution is 2.32. The van der Waals surface area contributed by atoms with Crippen LogP contribution in [0.1, 0.15) is 5.69 Å². The highest BCUT2D eigenvalue weighted by molar-refractivity contribution is 9.10. The van der Waals surface area contributed by atoms with E-state index in [1.807, 2.05) is 24.4 Å². The summed E-state index contributed by atoms with van der Waals surface area (Å²) in [5, 5.41) is 10.2. The lowest BCUT2D eigenvalue weighted by Crippen LogP contribution is -2.09. The SMILES string of the molecule is NCc1cn(CCOc2ccc3ccccc3c2Br)nn1. The first kappa shape index (κ1) is 14.0. The zero-order valence-corrected chi connectivity index (χ0v) is 13.0. The first-order chi connectivity index (χ1) is 10.3. The third-order valence-corrected chi connectivity index (χ3v) is 4.02. The number of aromatic nitrogens is 3. The summed E-state index contributed by atoms with van der Waals surface area (Å²) in [6.07, 6.45) is 1.83. The van der Waals surface area contributed by atoms with E-state index in [4.69, 9.17) is 10.5 Å². The van der Waals surface area contributed by atoms with Gasteiger partial charge in [-0.15, -0.1) is 5.10 Å². The summed E-state index contributed by atoms with van der Waals surface area (Å²) in [6.45, 7) is 1.55. The second-order valence-corrected chi connectivity index (χ2v) is 5.42. The molecule has 6 heteroatoms. The van der Waals surface area contributed by atoms with Crippen LogP contribution in [-0.2, 0) is 13.1 Å². The summed E-state index contributed by atoms with van der Waals surface area (Å²) < 4.78 is 8.53. The molecule has 108 valence electrons. The average Bonchev–Trinajstić information content (AvgIpc) is 2.98. The van der Waals surface area contributed by atoms with Gasteiger partial charge in [0.1, 0.15) is 12.4 Å². The van der Waals surface area contributed by atoms with Crippen LogP contribution in [0, 0.1) is 0 Å². The first-order valence-corrected chi connectivity index (χ1v) is 7.46. The third kappa shape index (κ3) is 3.06. The lowest BCUT2D eigenvalue weighted by molar-refractivity contribution is 0.288. The van der Waals surface area contributed by atoms with Crippen LogP contribution in [0.3, 0.4) is 0 Å². The molecule has 0 amide bonds. The standard InChI is InChI=1S/C15H15BrN4O/c16-15-13-4-2-1-3-11(13)5-6-14(15)21-8-7-20-10-12(9-17)18-19-20/h1-6,10H,7-9,17H2. The van der Waals surface area contributed by atoms with Crippen molar-refractivity contribution in [2.75, 3.05) is 6.61 Å². The predicted molar refractivity (Wildman–Crippen MR) is 85.1 cm³/mol. The minimum atomic E-state index is 0.400. The Kier molecular flexibility index (Phi) is 4.17. The largest absolute Gasteiger partial charge is 0.490 e. The summed E-state index contributed by atoms with van der Waals surface area (Å²) in [5.41, 5.74) is 6.28. The van der Waals surface area contributed by atoms with E-state index in [1.54, 1.807) is 4.68 Å². The number of nitrogens with two attached hydrogens (primary N) is 1. The topological polar surface area (TPSA) is 66.0 Å². The molecule has 0 aliphatic heterocycles. The maximum Gasteiger partial charge on any atom is 0.134 e. The number of rotatable bonds is 5. The van der Waals surface area contributed by atoms with E-state index in [1.165, 1.54) is 5.39 Å². The molecule has 21 heavy (non-hydrogen) atoms. The van der Waals surface area contributed by atoms with Crippen LogP contribution in [0.25, 0.3) is 10.8 Å². The van der Waals surface area contributed by atoms with Crippen molar-refractivity contribution >= 4 is 26.7 Å². The molecule has 0 bridgehead atoms. The normalized spacial score (nSPS) is 11.0. The molecule has 0 aliphatic rings. The van der Waals surface area contributed by atoms with E-state index in [-0.39, 0.29) is 0 Å². The Hall–Kier alpha value is -1.92. The van der Waals surface area contributed by atoms with Gasteiger partial charge in [0.15, 0.2) is 0 Å². The molecular formula is C15H15BrN4O. The van der Waals surface area contributed by atoms with Crippen LogP contribution < -0.4 is 10.5 Å². The number of hydrogen-bond acceptors (Lipinski definition) is 4. The smallest absolute Gasteiger partial charge is 0.134 e. The maximum atomic E-state index is 5.82. The molecule has 0 aliphatic carbocycles. The molecule has 1 aromatic heterocycles. The highest BCUT2D eigenvalue weighted by Gasteiger charge is 2.06. The summed E-state index contributed by atoms with van der Waals surface area (Å²) in [7, 11) is 0. The Morgan fingerprint density at radius 3 is 2.86 bits per heavy atom. The molecule has 0 saturated heterocycles. The Labute approximate surface area is 130 Å². The van der Waals surface area contributed by atoms with Crippen LogP contribution in [-0.4, -0.2) is 21.6 Å². The van der Waals surface area contributed by atoms with Gasteiger partial charge >= 0.3 is 0 Å². The van der Waals surface area contributed by atoms with Gasteiger partial charge in [-0.1, -0.05) is 35.5 Å². The Morgan fingerprint density at radius 1 is 1.19 bits per heavy atom. The van der Waals surface area contributed by atoms with E-state index in [9.17, 15) is 0 Å². The highest BCUT2D eigenvalue weighted by atomic mass is 79.9. The van der Waals surface area contributed by atoms with Crippen LogP contribution in [0.15, 0.2) is 47.1 Å². The number of halogens is 1. The van der Waals surface area contributed by atoms with E-state index in [0.29, 0.717) is 19.7 Å². The number of nitrogens with zero attached hydrogens (tertiary/aromatic N) is 3. The molecular weight excluding hydrogens is 332 g/mol. The maximum absolute atomic E-state index is 5.82. The van der Waals surface area contributed by atoms with E-state index in [0.717, 1.165) is 21.3 Å². The second-order valence-electron chi connectivity index (χ2n) is 4.62. The molecule has 2 aromatic carbocycles. The average molecular weight is 347 g/mol. The number of fused-ring (bicyclic) bond motifs is 1. The predicted octanol–water partition coefficient (Wildman–Crippen LogP) is 2.73. The van der Waals surface area contributed by atoms with Crippen molar-refractivity contribution in [2.24, 2.45) is 5.73 Å². The fourth-order valence-electron chi connectivity index (χ4n) is 2.12. The zero-order chi connectivity index (χ0) is 14.7. The minimum absolute atomic E-state index is 0.400. The molecule has 5 nitrogen and oxygen atoms in total. The van der Waals surface area contributed by atoms with Crippen molar-refractivity contribution in [3.63, 3.8) is 0 Å². The molecule has 1 heterocycles. The lowest BCUT2D eigenvalue weighted by atomic mass is 10.1. The van der Waals surface area contributed by atoms with Crippen molar-refractivity contribution in [2.45, 2.75) is 13.1 Å². The number of ether oxygens (including phenoxy) is 1. The number of hydrogen-bond donors (Lipinski definition) is 1. The fourth-order valence-corrected chi connectivity index (χ4v) is 2.72. The van der Waals surface area contributed by atoms with Gasteiger partial charge in [-0.05, 0) is 32.8 Å². The first-order valence-electron chi connectivity index (χ1n) is 6.67. The quantitative estimate of drug-likeness (QED) is 0.771. The van der Waals surface area contributed by atoms with Crippen LogP contribution in [0.5, 0.6) is 5.75 Å². The molecule has 0 spiro atoms. The lowest BCUT2D eigenvalue weighted by Gasteiger charge is -2.10. The van der Waals surface area contributed by atoms with Gasteiger partial charge in [0.2, 0.25) is 0 Å². The van der Waals surface area contributed by atoms with Crippen molar-refractivity contribution in [1.29, 1.82) is 0 Å². The third-order valence-electron chi connectivity index (χ3n) is 3.20. The second kappa shape index (κ2) is 6.24. The van der Waals surface area contributed by atoms with E-state index in [2.05, 4.69) is 44.4 Å². The summed E-state index contributed by atoms with van der Waals surface area (Å²) in [5.74, 6) is 0.827. The van der Waals surface area contributed by atoms with Crippen molar-refractivity contribution in [3.05, 3.63) is 52.8 Å².